The number of hydrogen-bond donors (Lipinski definition) is 0. The van der Waals surface area contributed by atoms with Gasteiger partial charge in [0.1, 0.15) is 28.8 Å². The molecule has 6 rings (SSSR count). The Bertz CT molecular complexity index is 2110. The predicted molar refractivity (Wildman–Crippen MR) is 172 cm³/mol. The number of ether oxygens (including phenoxy) is 3. The molecule has 0 spiro atoms. The van der Waals surface area contributed by atoms with Crippen LogP contribution in [0.15, 0.2) is 97.6 Å². The van der Waals surface area contributed by atoms with Crippen LogP contribution >= 0.6 is 27.5 Å². The first-order valence-electron chi connectivity index (χ1n) is 13.5. The number of methoxy groups -OCH3 is 1. The van der Waals surface area contributed by atoms with Crippen LogP contribution in [0.2, 0.25) is 5.02 Å². The smallest absolute Gasteiger partial charge is 0.282 e. The van der Waals surface area contributed by atoms with Gasteiger partial charge in [0, 0.05) is 10.0 Å². The zero-order valence-corrected chi connectivity index (χ0v) is 25.9. The first-order chi connectivity index (χ1) is 21.4. The van der Waals surface area contributed by atoms with Crippen molar-refractivity contribution in [1.82, 2.24) is 9.66 Å². The SMILES string of the molecule is CCOc1cc(C=Nn2c(-c3cc4c(OC)cccc4o3)nc3ccccc3c2=O)c(Br)c(Cl)c1OCc1cccc(F)c1. The van der Waals surface area contributed by atoms with Crippen LogP contribution in [0.25, 0.3) is 33.5 Å². The Hall–Kier alpha value is -4.67. The van der Waals surface area contributed by atoms with E-state index in [1.807, 2.05) is 19.1 Å². The van der Waals surface area contributed by atoms with Crippen molar-refractivity contribution in [2.24, 2.45) is 5.10 Å². The van der Waals surface area contributed by atoms with Crippen molar-refractivity contribution in [2.75, 3.05) is 13.7 Å². The van der Waals surface area contributed by atoms with E-state index >= 15 is 0 Å². The molecule has 0 aliphatic heterocycles. The third kappa shape index (κ3) is 5.66. The van der Waals surface area contributed by atoms with Crippen molar-refractivity contribution >= 4 is 55.6 Å². The second-order valence-corrected chi connectivity index (χ2v) is 10.7. The maximum atomic E-state index is 13.7. The number of rotatable bonds is 9. The van der Waals surface area contributed by atoms with Crippen LogP contribution in [-0.2, 0) is 6.61 Å². The molecule has 0 saturated heterocycles. The average molecular weight is 677 g/mol. The largest absolute Gasteiger partial charge is 0.496 e. The summed E-state index contributed by atoms with van der Waals surface area (Å²) in [5.41, 5.74) is 1.81. The molecule has 0 bridgehead atoms. The molecule has 44 heavy (non-hydrogen) atoms. The Morgan fingerprint density at radius 3 is 2.64 bits per heavy atom. The molecule has 0 atom stereocenters. The molecule has 0 saturated carbocycles. The summed E-state index contributed by atoms with van der Waals surface area (Å²) in [4.78, 5) is 18.5. The fourth-order valence-electron chi connectivity index (χ4n) is 4.71. The molecular weight excluding hydrogens is 653 g/mol. The molecule has 0 aliphatic carbocycles. The normalized spacial score (nSPS) is 11.5. The minimum absolute atomic E-state index is 0.0707. The van der Waals surface area contributed by atoms with Gasteiger partial charge in [-0.25, -0.2) is 9.37 Å². The minimum Gasteiger partial charge on any atom is -0.496 e. The molecule has 2 aromatic heterocycles. The van der Waals surface area contributed by atoms with E-state index in [2.05, 4.69) is 21.0 Å². The summed E-state index contributed by atoms with van der Waals surface area (Å²) in [6.07, 6.45) is 1.47. The van der Waals surface area contributed by atoms with E-state index in [4.69, 9.17) is 35.2 Å². The predicted octanol–water partition coefficient (Wildman–Crippen LogP) is 8.23. The van der Waals surface area contributed by atoms with Crippen molar-refractivity contribution in [3.63, 3.8) is 0 Å². The standard InChI is InChI=1S/C33H24BrClFN3O5/c1-3-42-27-15-20(29(34)30(35)31(27)43-18-19-8-6-9-21(36)14-19)17-37-39-32(38-24-11-5-4-10-22(24)33(39)40)28-16-23-25(41-2)12-7-13-26(23)44-28/h4-17H,3,18H2,1-2H3. The number of furan rings is 1. The number of benzene rings is 4. The topological polar surface area (TPSA) is 88.1 Å². The summed E-state index contributed by atoms with van der Waals surface area (Å²) in [5, 5.41) is 5.89. The fraction of sp³-hybridized carbons (Fsp3) is 0.121. The summed E-state index contributed by atoms with van der Waals surface area (Å²) in [6.45, 7) is 2.23. The Labute approximate surface area is 264 Å². The third-order valence-electron chi connectivity index (χ3n) is 6.76. The quantitative estimate of drug-likeness (QED) is 0.143. The number of para-hydroxylation sites is 1. The Morgan fingerprint density at radius 2 is 1.84 bits per heavy atom. The second-order valence-electron chi connectivity index (χ2n) is 9.57. The van der Waals surface area contributed by atoms with E-state index in [1.54, 1.807) is 61.7 Å². The highest BCUT2D eigenvalue weighted by Gasteiger charge is 2.20. The lowest BCUT2D eigenvalue weighted by molar-refractivity contribution is 0.269. The van der Waals surface area contributed by atoms with Crippen molar-refractivity contribution in [2.45, 2.75) is 13.5 Å². The monoisotopic (exact) mass is 675 g/mol. The van der Waals surface area contributed by atoms with E-state index in [1.165, 1.54) is 23.0 Å². The number of hydrogen-bond acceptors (Lipinski definition) is 7. The van der Waals surface area contributed by atoms with Crippen molar-refractivity contribution in [3.8, 4) is 28.8 Å². The van der Waals surface area contributed by atoms with Crippen LogP contribution in [0.5, 0.6) is 17.2 Å². The van der Waals surface area contributed by atoms with Gasteiger partial charge >= 0.3 is 0 Å². The third-order valence-corrected chi connectivity index (χ3v) is 8.20. The molecule has 0 N–H and O–H groups in total. The first kappa shape index (κ1) is 29.4. The van der Waals surface area contributed by atoms with E-state index in [0.717, 1.165) is 5.39 Å². The summed E-state index contributed by atoms with van der Waals surface area (Å²) in [7, 11) is 1.58. The van der Waals surface area contributed by atoms with Crippen LogP contribution in [0.4, 0.5) is 4.39 Å². The molecule has 11 heteroatoms. The Morgan fingerprint density at radius 1 is 1.02 bits per heavy atom. The van der Waals surface area contributed by atoms with Gasteiger partial charge in [0.05, 0.1) is 36.2 Å². The van der Waals surface area contributed by atoms with Crippen LogP contribution in [0.1, 0.15) is 18.1 Å². The summed E-state index contributed by atoms with van der Waals surface area (Å²) in [5.74, 6) is 1.42. The molecular formula is C33H24BrClFN3O5. The summed E-state index contributed by atoms with van der Waals surface area (Å²) in [6, 6.07) is 22.0. The second kappa shape index (κ2) is 12.5. The Balaban J connectivity index is 1.44. The van der Waals surface area contributed by atoms with Gasteiger partial charge in [0.25, 0.3) is 5.56 Å². The maximum Gasteiger partial charge on any atom is 0.282 e. The molecule has 2 heterocycles. The molecule has 8 nitrogen and oxygen atoms in total. The van der Waals surface area contributed by atoms with E-state index in [0.29, 0.717) is 56.0 Å². The number of aromatic nitrogens is 2. The van der Waals surface area contributed by atoms with Gasteiger partial charge in [0.2, 0.25) is 5.82 Å². The lowest BCUT2D eigenvalue weighted by Crippen LogP contribution is -2.20. The van der Waals surface area contributed by atoms with Gasteiger partial charge in [-0.15, -0.1) is 0 Å². The van der Waals surface area contributed by atoms with Crippen LogP contribution in [0, 0.1) is 5.82 Å². The number of halogens is 3. The molecule has 6 aromatic rings. The van der Waals surface area contributed by atoms with Crippen molar-refractivity contribution in [3.05, 3.63) is 116 Å². The summed E-state index contributed by atoms with van der Waals surface area (Å²) >= 11 is 10.3. The van der Waals surface area contributed by atoms with E-state index in [9.17, 15) is 9.18 Å². The van der Waals surface area contributed by atoms with E-state index in [-0.39, 0.29) is 29.0 Å². The molecule has 4 aromatic carbocycles. The Kier molecular flexibility index (Phi) is 8.36. The lowest BCUT2D eigenvalue weighted by Gasteiger charge is -2.16. The summed E-state index contributed by atoms with van der Waals surface area (Å²) < 4.78 is 38.7. The number of nitrogens with zero attached hydrogens (tertiary/aromatic N) is 3. The van der Waals surface area contributed by atoms with Crippen LogP contribution < -0.4 is 19.8 Å². The molecule has 0 aliphatic rings. The molecule has 0 radical (unpaired) electrons. The van der Waals surface area contributed by atoms with Crippen molar-refractivity contribution < 1.29 is 23.0 Å². The van der Waals surface area contributed by atoms with Gasteiger partial charge in [-0.3, -0.25) is 4.79 Å². The lowest BCUT2D eigenvalue weighted by atomic mass is 10.2. The average Bonchev–Trinajstić information content (AvgIpc) is 3.47. The van der Waals surface area contributed by atoms with Gasteiger partial charge in [-0.05, 0) is 76.9 Å². The molecule has 0 amide bonds. The van der Waals surface area contributed by atoms with Gasteiger partial charge in [-0.2, -0.15) is 9.78 Å². The van der Waals surface area contributed by atoms with Gasteiger partial charge in [-0.1, -0.05) is 41.9 Å². The highest BCUT2D eigenvalue weighted by atomic mass is 79.9. The minimum atomic E-state index is -0.392. The molecule has 0 fully saturated rings. The maximum absolute atomic E-state index is 13.7. The highest BCUT2D eigenvalue weighted by Crippen LogP contribution is 2.43. The van der Waals surface area contributed by atoms with Gasteiger partial charge in [0.15, 0.2) is 17.3 Å². The number of fused-ring (bicyclic) bond motifs is 2. The highest BCUT2D eigenvalue weighted by molar-refractivity contribution is 9.10. The van der Waals surface area contributed by atoms with Crippen LogP contribution in [0.3, 0.4) is 0 Å². The van der Waals surface area contributed by atoms with Crippen molar-refractivity contribution in [1.29, 1.82) is 0 Å². The fourth-order valence-corrected chi connectivity index (χ4v) is 5.36. The zero-order chi connectivity index (χ0) is 30.8. The molecule has 222 valence electrons. The van der Waals surface area contributed by atoms with Gasteiger partial charge < -0.3 is 18.6 Å². The van der Waals surface area contributed by atoms with E-state index < -0.39 is 5.56 Å². The zero-order valence-electron chi connectivity index (χ0n) is 23.5. The first-order valence-corrected chi connectivity index (χ1v) is 14.7. The van der Waals surface area contributed by atoms with Crippen LogP contribution in [-0.4, -0.2) is 29.6 Å². The molecule has 0 unspecified atom stereocenters.